The van der Waals surface area contributed by atoms with Gasteiger partial charge in [0.25, 0.3) is 0 Å². The van der Waals surface area contributed by atoms with E-state index in [-0.39, 0.29) is 0 Å². The molecular weight excluding hydrogens is 296 g/mol. The smallest absolute Gasteiger partial charge is 0.128 e. The third-order valence-corrected chi connectivity index (χ3v) is 6.16. The summed E-state index contributed by atoms with van der Waals surface area (Å²) >= 11 is 3.62. The maximum Gasteiger partial charge on any atom is 0.128 e. The van der Waals surface area contributed by atoms with Crippen LogP contribution < -0.4 is 0 Å². The Labute approximate surface area is 132 Å². The first-order valence-electron chi connectivity index (χ1n) is 7.31. The van der Waals surface area contributed by atoms with Crippen LogP contribution in [0.15, 0.2) is 40.5 Å². The predicted molar refractivity (Wildman–Crippen MR) is 89.4 cm³/mol. The van der Waals surface area contributed by atoms with Gasteiger partial charge in [-0.2, -0.15) is 0 Å². The highest BCUT2D eigenvalue weighted by Gasteiger charge is 2.20. The second kappa shape index (κ2) is 5.43. The molecular formula is C17H16N2S2. The molecule has 0 amide bonds. The Hall–Kier alpha value is -1.39. The Bertz CT molecular complexity index is 790. The molecule has 0 unspecified atom stereocenters. The lowest BCUT2D eigenvalue weighted by molar-refractivity contribution is 0.699. The number of aromatic nitrogens is 2. The Balaban J connectivity index is 1.81. The van der Waals surface area contributed by atoms with E-state index in [2.05, 4.69) is 41.2 Å². The summed E-state index contributed by atoms with van der Waals surface area (Å²) < 4.78 is 0. The van der Waals surface area contributed by atoms with E-state index in [1.165, 1.54) is 52.0 Å². The maximum absolute atomic E-state index is 4.56. The van der Waals surface area contributed by atoms with E-state index >= 15 is 0 Å². The van der Waals surface area contributed by atoms with E-state index in [1.54, 1.807) is 18.1 Å². The van der Waals surface area contributed by atoms with Crippen LogP contribution in [0.1, 0.15) is 28.8 Å². The summed E-state index contributed by atoms with van der Waals surface area (Å²) in [4.78, 5) is 13.0. The van der Waals surface area contributed by atoms with Crippen LogP contribution in [0.3, 0.4) is 0 Å². The zero-order chi connectivity index (χ0) is 14.2. The summed E-state index contributed by atoms with van der Waals surface area (Å²) in [5.74, 6) is 0. The monoisotopic (exact) mass is 312 g/mol. The zero-order valence-electron chi connectivity index (χ0n) is 11.9. The Kier molecular flexibility index (Phi) is 3.43. The molecule has 4 rings (SSSR count). The molecule has 2 aromatic heterocycles. The van der Waals surface area contributed by atoms with E-state index in [9.17, 15) is 0 Å². The van der Waals surface area contributed by atoms with Gasteiger partial charge in [0, 0.05) is 15.2 Å². The molecule has 4 heteroatoms. The van der Waals surface area contributed by atoms with Crippen molar-refractivity contribution < 1.29 is 0 Å². The largest absolute Gasteiger partial charge is 0.229 e. The van der Waals surface area contributed by atoms with Crippen LogP contribution in [0.2, 0.25) is 0 Å². The first-order valence-corrected chi connectivity index (χ1v) is 8.94. The molecule has 0 spiro atoms. The number of rotatable bonds is 2. The van der Waals surface area contributed by atoms with E-state index < -0.39 is 0 Å². The molecule has 1 aliphatic rings. The van der Waals surface area contributed by atoms with Crippen LogP contribution in [0.5, 0.6) is 0 Å². The van der Waals surface area contributed by atoms with Gasteiger partial charge in [0.15, 0.2) is 0 Å². The van der Waals surface area contributed by atoms with Crippen molar-refractivity contribution in [1.82, 2.24) is 9.97 Å². The Morgan fingerprint density at radius 2 is 1.86 bits per heavy atom. The molecule has 0 saturated carbocycles. The average Bonchev–Trinajstić information content (AvgIpc) is 2.89. The van der Waals surface area contributed by atoms with Crippen LogP contribution in [-0.4, -0.2) is 9.97 Å². The lowest BCUT2D eigenvalue weighted by Gasteiger charge is -2.11. The standard InChI is InChI=1S/C17H16N2S2/c1-11-6-8-12(9-7-11)20-16-15-13-4-2-3-5-14(13)21-17(15)19-10-18-16/h6-10H,2-5H2,1H3. The summed E-state index contributed by atoms with van der Waals surface area (Å²) in [6.07, 6.45) is 6.71. The highest BCUT2D eigenvalue weighted by Crippen LogP contribution is 2.40. The van der Waals surface area contributed by atoms with Crippen molar-refractivity contribution in [2.24, 2.45) is 0 Å². The van der Waals surface area contributed by atoms with Gasteiger partial charge in [-0.3, -0.25) is 0 Å². The van der Waals surface area contributed by atoms with Crippen molar-refractivity contribution in [3.05, 3.63) is 46.6 Å². The van der Waals surface area contributed by atoms with Gasteiger partial charge in [0.05, 0.1) is 0 Å². The molecule has 0 aliphatic heterocycles. The molecule has 1 aromatic carbocycles. The van der Waals surface area contributed by atoms with Crippen LogP contribution in [0, 0.1) is 6.92 Å². The first kappa shape index (κ1) is 13.3. The van der Waals surface area contributed by atoms with Crippen LogP contribution in [-0.2, 0) is 12.8 Å². The number of nitrogens with zero attached hydrogens (tertiary/aromatic N) is 2. The minimum absolute atomic E-state index is 1.11. The average molecular weight is 312 g/mol. The highest BCUT2D eigenvalue weighted by molar-refractivity contribution is 7.99. The summed E-state index contributed by atoms with van der Waals surface area (Å²) in [6.45, 7) is 2.12. The van der Waals surface area contributed by atoms with Crippen molar-refractivity contribution in [1.29, 1.82) is 0 Å². The zero-order valence-corrected chi connectivity index (χ0v) is 13.6. The van der Waals surface area contributed by atoms with Crippen LogP contribution in [0.4, 0.5) is 0 Å². The van der Waals surface area contributed by atoms with Crippen molar-refractivity contribution >= 4 is 33.3 Å². The number of hydrogen-bond donors (Lipinski definition) is 0. The van der Waals surface area contributed by atoms with E-state index in [1.807, 2.05) is 11.3 Å². The molecule has 0 saturated heterocycles. The fourth-order valence-electron chi connectivity index (χ4n) is 2.86. The Morgan fingerprint density at radius 3 is 2.71 bits per heavy atom. The number of fused-ring (bicyclic) bond motifs is 3. The van der Waals surface area contributed by atoms with Crippen LogP contribution >= 0.6 is 23.1 Å². The van der Waals surface area contributed by atoms with Crippen molar-refractivity contribution in [3.63, 3.8) is 0 Å². The van der Waals surface area contributed by atoms with E-state index in [0.717, 1.165) is 9.86 Å². The minimum Gasteiger partial charge on any atom is -0.229 e. The highest BCUT2D eigenvalue weighted by atomic mass is 32.2. The molecule has 3 aromatic rings. The van der Waals surface area contributed by atoms with Gasteiger partial charge in [-0.05, 0) is 50.3 Å². The van der Waals surface area contributed by atoms with E-state index in [4.69, 9.17) is 0 Å². The van der Waals surface area contributed by atoms with Gasteiger partial charge in [0.1, 0.15) is 16.2 Å². The van der Waals surface area contributed by atoms with Gasteiger partial charge in [0.2, 0.25) is 0 Å². The maximum atomic E-state index is 4.56. The topological polar surface area (TPSA) is 25.8 Å². The first-order chi connectivity index (χ1) is 10.3. The van der Waals surface area contributed by atoms with Gasteiger partial charge >= 0.3 is 0 Å². The van der Waals surface area contributed by atoms with Crippen molar-refractivity contribution in [2.75, 3.05) is 0 Å². The number of benzene rings is 1. The van der Waals surface area contributed by atoms with E-state index in [0.29, 0.717) is 0 Å². The molecule has 2 heterocycles. The molecule has 0 radical (unpaired) electrons. The number of aryl methyl sites for hydroxylation is 3. The molecule has 0 bridgehead atoms. The SMILES string of the molecule is Cc1ccc(Sc2ncnc3sc4c(c23)CCCC4)cc1. The fourth-order valence-corrected chi connectivity index (χ4v) is 5.07. The molecule has 0 N–H and O–H groups in total. The van der Waals surface area contributed by atoms with Crippen molar-refractivity contribution in [3.8, 4) is 0 Å². The molecule has 0 fully saturated rings. The summed E-state index contributed by atoms with van der Waals surface area (Å²) in [5.41, 5.74) is 2.80. The second-order valence-electron chi connectivity index (χ2n) is 5.48. The predicted octanol–water partition coefficient (Wildman–Crippen LogP) is 5.03. The lowest BCUT2D eigenvalue weighted by Crippen LogP contribution is -1.98. The normalized spacial score (nSPS) is 14.3. The summed E-state index contributed by atoms with van der Waals surface area (Å²) in [6, 6.07) is 8.66. The molecule has 21 heavy (non-hydrogen) atoms. The van der Waals surface area contributed by atoms with Gasteiger partial charge < -0.3 is 0 Å². The third kappa shape index (κ3) is 2.47. The molecule has 0 atom stereocenters. The molecule has 1 aliphatic carbocycles. The van der Waals surface area contributed by atoms with Gasteiger partial charge in [-0.1, -0.05) is 29.5 Å². The van der Waals surface area contributed by atoms with Crippen molar-refractivity contribution in [2.45, 2.75) is 42.5 Å². The number of thiophene rings is 1. The molecule has 106 valence electrons. The van der Waals surface area contributed by atoms with Gasteiger partial charge in [-0.15, -0.1) is 11.3 Å². The Morgan fingerprint density at radius 1 is 1.05 bits per heavy atom. The van der Waals surface area contributed by atoms with Gasteiger partial charge in [-0.25, -0.2) is 9.97 Å². The lowest BCUT2D eigenvalue weighted by atomic mass is 9.97. The fraction of sp³-hybridized carbons (Fsp3) is 0.294. The minimum atomic E-state index is 1.11. The summed E-state index contributed by atoms with van der Waals surface area (Å²) in [7, 11) is 0. The quantitative estimate of drug-likeness (QED) is 0.621. The number of hydrogen-bond acceptors (Lipinski definition) is 4. The molecule has 2 nitrogen and oxygen atoms in total. The van der Waals surface area contributed by atoms with Crippen LogP contribution in [0.25, 0.3) is 10.2 Å². The third-order valence-electron chi connectivity index (χ3n) is 3.95. The second-order valence-corrected chi connectivity index (χ2v) is 7.63. The summed E-state index contributed by atoms with van der Waals surface area (Å²) in [5, 5.41) is 2.42.